The Balaban J connectivity index is 1.92. The van der Waals surface area contributed by atoms with Crippen LogP contribution in [-0.4, -0.2) is 40.7 Å². The summed E-state index contributed by atoms with van der Waals surface area (Å²) >= 11 is 1.58. The number of carbonyl (C=O) groups excluding carboxylic acids is 3. The number of rotatable bonds is 6. The Morgan fingerprint density at radius 3 is 2.07 bits per heavy atom. The van der Waals surface area contributed by atoms with Gasteiger partial charge in [-0.1, -0.05) is 29.8 Å². The maximum absolute atomic E-state index is 13.2. The fourth-order valence-corrected chi connectivity index (χ4v) is 4.14. The number of anilines is 1. The first-order chi connectivity index (χ1) is 13.3. The summed E-state index contributed by atoms with van der Waals surface area (Å²) in [5.41, 5.74) is 4.48. The number of nitrogens with one attached hydrogen (secondary N) is 1. The van der Waals surface area contributed by atoms with E-state index in [-0.39, 0.29) is 5.91 Å². The minimum Gasteiger partial charge on any atom is -0.324 e. The SMILES string of the molecule is CSCC[C@H](C(=O)Nc1c(C)cc(C)cc1C)N1C(=O)c2ccccc2C1=O. The Labute approximate surface area is 169 Å². The molecule has 1 atom stereocenters. The first kappa shape index (κ1) is 20.1. The van der Waals surface area contributed by atoms with E-state index >= 15 is 0 Å². The minimum atomic E-state index is -0.847. The van der Waals surface area contributed by atoms with Crippen LogP contribution in [0.2, 0.25) is 0 Å². The van der Waals surface area contributed by atoms with Crippen LogP contribution in [0.25, 0.3) is 0 Å². The lowest BCUT2D eigenvalue weighted by Gasteiger charge is -2.26. The quantitative estimate of drug-likeness (QED) is 0.751. The molecule has 1 heterocycles. The average Bonchev–Trinajstić information content (AvgIpc) is 2.90. The van der Waals surface area contributed by atoms with Crippen LogP contribution in [0.4, 0.5) is 5.69 Å². The highest BCUT2D eigenvalue weighted by atomic mass is 32.2. The van der Waals surface area contributed by atoms with Crippen molar-refractivity contribution in [3.8, 4) is 0 Å². The molecule has 28 heavy (non-hydrogen) atoms. The van der Waals surface area contributed by atoms with Crippen molar-refractivity contribution >= 4 is 35.2 Å². The fourth-order valence-electron chi connectivity index (χ4n) is 3.68. The number of nitrogens with zero attached hydrogens (tertiary/aromatic N) is 1. The summed E-state index contributed by atoms with van der Waals surface area (Å²) in [5.74, 6) is -0.478. The van der Waals surface area contributed by atoms with Gasteiger partial charge in [0.2, 0.25) is 5.91 Å². The Morgan fingerprint density at radius 1 is 1.04 bits per heavy atom. The number of hydrogen-bond acceptors (Lipinski definition) is 4. The molecular weight excluding hydrogens is 372 g/mol. The van der Waals surface area contributed by atoms with Gasteiger partial charge in [-0.05, 0) is 62.5 Å². The van der Waals surface area contributed by atoms with Crippen molar-refractivity contribution in [1.82, 2.24) is 4.90 Å². The highest BCUT2D eigenvalue weighted by Gasteiger charge is 2.42. The average molecular weight is 397 g/mol. The molecule has 2 aromatic rings. The van der Waals surface area contributed by atoms with Gasteiger partial charge >= 0.3 is 0 Å². The van der Waals surface area contributed by atoms with Gasteiger partial charge in [-0.25, -0.2) is 0 Å². The van der Waals surface area contributed by atoms with Crippen molar-refractivity contribution in [3.63, 3.8) is 0 Å². The Hall–Kier alpha value is -2.60. The van der Waals surface area contributed by atoms with Gasteiger partial charge in [0.05, 0.1) is 11.1 Å². The minimum absolute atomic E-state index is 0.335. The number of imide groups is 1. The zero-order valence-electron chi connectivity index (χ0n) is 16.5. The molecule has 0 unspecified atom stereocenters. The zero-order chi connectivity index (χ0) is 20.4. The second-order valence-electron chi connectivity index (χ2n) is 7.09. The van der Waals surface area contributed by atoms with E-state index in [1.54, 1.807) is 36.0 Å². The lowest BCUT2D eigenvalue weighted by molar-refractivity contribution is -0.120. The molecule has 3 rings (SSSR count). The van der Waals surface area contributed by atoms with Crippen LogP contribution in [-0.2, 0) is 4.79 Å². The molecule has 1 aliphatic heterocycles. The summed E-state index contributed by atoms with van der Waals surface area (Å²) in [6.07, 6.45) is 2.34. The van der Waals surface area contributed by atoms with Gasteiger partial charge in [0, 0.05) is 5.69 Å². The number of fused-ring (bicyclic) bond motifs is 1. The van der Waals surface area contributed by atoms with Crippen LogP contribution >= 0.6 is 11.8 Å². The third kappa shape index (κ3) is 3.69. The van der Waals surface area contributed by atoms with Crippen molar-refractivity contribution in [2.45, 2.75) is 33.2 Å². The van der Waals surface area contributed by atoms with Crippen LogP contribution in [0.1, 0.15) is 43.8 Å². The Kier molecular flexibility index (Phi) is 5.89. The van der Waals surface area contributed by atoms with Gasteiger partial charge in [-0.15, -0.1) is 0 Å². The molecule has 2 aromatic carbocycles. The molecule has 0 radical (unpaired) electrons. The summed E-state index contributed by atoms with van der Waals surface area (Å²) in [5, 5.41) is 2.97. The van der Waals surface area contributed by atoms with E-state index in [0.717, 1.165) is 27.3 Å². The normalized spacial score (nSPS) is 14.2. The first-order valence-corrected chi connectivity index (χ1v) is 10.6. The molecule has 0 aromatic heterocycles. The monoisotopic (exact) mass is 396 g/mol. The Bertz CT molecular complexity index is 897. The van der Waals surface area contributed by atoms with Gasteiger partial charge in [-0.3, -0.25) is 19.3 Å². The number of thioether (sulfide) groups is 1. The molecule has 5 nitrogen and oxygen atoms in total. The number of amides is 3. The molecule has 1 aliphatic rings. The molecule has 0 spiro atoms. The summed E-state index contributed by atoms with van der Waals surface area (Å²) in [4.78, 5) is 40.0. The molecule has 0 saturated carbocycles. The van der Waals surface area contributed by atoms with Crippen LogP contribution in [0.15, 0.2) is 36.4 Å². The smallest absolute Gasteiger partial charge is 0.262 e. The molecule has 0 bridgehead atoms. The van der Waals surface area contributed by atoms with E-state index in [4.69, 9.17) is 0 Å². The van der Waals surface area contributed by atoms with E-state index in [9.17, 15) is 14.4 Å². The van der Waals surface area contributed by atoms with Gasteiger partial charge < -0.3 is 5.32 Å². The summed E-state index contributed by atoms with van der Waals surface area (Å²) < 4.78 is 0. The summed E-state index contributed by atoms with van der Waals surface area (Å²) in [7, 11) is 0. The third-order valence-electron chi connectivity index (χ3n) is 4.96. The predicted molar refractivity (Wildman–Crippen MR) is 113 cm³/mol. The second-order valence-corrected chi connectivity index (χ2v) is 8.07. The molecule has 0 saturated heterocycles. The molecule has 0 fully saturated rings. The summed E-state index contributed by atoms with van der Waals surface area (Å²) in [6, 6.07) is 9.87. The van der Waals surface area contributed by atoms with Crippen molar-refractivity contribution in [3.05, 3.63) is 64.2 Å². The van der Waals surface area contributed by atoms with Crippen LogP contribution < -0.4 is 5.32 Å². The van der Waals surface area contributed by atoms with Crippen LogP contribution in [0, 0.1) is 20.8 Å². The highest BCUT2D eigenvalue weighted by molar-refractivity contribution is 7.98. The maximum atomic E-state index is 13.2. The fraction of sp³-hybridized carbons (Fsp3) is 0.318. The lowest BCUT2D eigenvalue weighted by atomic mass is 10.0. The number of benzene rings is 2. The zero-order valence-corrected chi connectivity index (χ0v) is 17.4. The van der Waals surface area contributed by atoms with Gasteiger partial charge in [0.25, 0.3) is 11.8 Å². The van der Waals surface area contributed by atoms with Crippen LogP contribution in [0.5, 0.6) is 0 Å². The van der Waals surface area contributed by atoms with Crippen molar-refractivity contribution in [2.24, 2.45) is 0 Å². The van der Waals surface area contributed by atoms with E-state index < -0.39 is 17.9 Å². The van der Waals surface area contributed by atoms with Crippen LogP contribution in [0.3, 0.4) is 0 Å². The number of aryl methyl sites for hydroxylation is 3. The van der Waals surface area contributed by atoms with Gasteiger partial charge in [0.15, 0.2) is 0 Å². The largest absolute Gasteiger partial charge is 0.324 e. The molecule has 0 aliphatic carbocycles. The molecule has 6 heteroatoms. The van der Waals surface area contributed by atoms with Crippen molar-refractivity contribution < 1.29 is 14.4 Å². The second kappa shape index (κ2) is 8.19. The van der Waals surface area contributed by atoms with E-state index in [0.29, 0.717) is 23.3 Å². The number of carbonyl (C=O) groups is 3. The Morgan fingerprint density at radius 2 is 1.57 bits per heavy atom. The lowest BCUT2D eigenvalue weighted by Crippen LogP contribution is -2.47. The standard InChI is InChI=1S/C22H24N2O3S/c1-13-11-14(2)19(15(3)12-13)23-20(25)18(9-10-28-4)24-21(26)16-7-5-6-8-17(16)22(24)27/h5-8,11-12,18H,9-10H2,1-4H3,(H,23,25)/t18-/m1/s1. The maximum Gasteiger partial charge on any atom is 0.262 e. The van der Waals surface area contributed by atoms with E-state index in [1.807, 2.05) is 39.2 Å². The van der Waals surface area contributed by atoms with E-state index in [2.05, 4.69) is 5.32 Å². The predicted octanol–water partition coefficient (Wildman–Crippen LogP) is 3.97. The topological polar surface area (TPSA) is 66.5 Å². The third-order valence-corrected chi connectivity index (χ3v) is 5.60. The van der Waals surface area contributed by atoms with E-state index in [1.165, 1.54) is 0 Å². The van der Waals surface area contributed by atoms with Gasteiger partial charge in [0.1, 0.15) is 6.04 Å². The molecule has 1 N–H and O–H groups in total. The molecule has 146 valence electrons. The van der Waals surface area contributed by atoms with Crippen molar-refractivity contribution in [1.29, 1.82) is 0 Å². The molecular formula is C22H24N2O3S. The van der Waals surface area contributed by atoms with Crippen molar-refractivity contribution in [2.75, 3.05) is 17.3 Å². The highest BCUT2D eigenvalue weighted by Crippen LogP contribution is 2.28. The first-order valence-electron chi connectivity index (χ1n) is 9.19. The van der Waals surface area contributed by atoms with Gasteiger partial charge in [-0.2, -0.15) is 11.8 Å². The number of hydrogen-bond donors (Lipinski definition) is 1. The summed E-state index contributed by atoms with van der Waals surface area (Å²) in [6.45, 7) is 5.88. The molecule has 3 amide bonds.